The minimum Gasteiger partial charge on any atom is -0.397 e. The van der Waals surface area contributed by atoms with Crippen LogP contribution in [-0.4, -0.2) is 23.0 Å². The third-order valence-corrected chi connectivity index (χ3v) is 4.89. The molecule has 5 rings (SSSR count). The molecule has 0 spiro atoms. The molecule has 0 aromatic carbocycles. The molecule has 4 bridgehead atoms. The van der Waals surface area contributed by atoms with E-state index in [0.29, 0.717) is 6.04 Å². The molecule has 1 saturated carbocycles. The predicted molar refractivity (Wildman–Crippen MR) is 67.3 cm³/mol. The van der Waals surface area contributed by atoms with E-state index >= 15 is 0 Å². The van der Waals surface area contributed by atoms with Gasteiger partial charge in [0.1, 0.15) is 0 Å². The molecule has 3 heteroatoms. The van der Waals surface area contributed by atoms with Gasteiger partial charge in [0.15, 0.2) is 0 Å². The van der Waals surface area contributed by atoms with Crippen LogP contribution in [0.25, 0.3) is 0 Å². The molecule has 1 aromatic heterocycles. The van der Waals surface area contributed by atoms with Crippen molar-refractivity contribution in [1.29, 1.82) is 0 Å². The molecule has 1 aliphatic carbocycles. The first-order valence-corrected chi connectivity index (χ1v) is 6.74. The lowest BCUT2D eigenvalue weighted by Crippen LogP contribution is -2.55. The minimum absolute atomic E-state index is 0.596. The van der Waals surface area contributed by atoms with Crippen LogP contribution in [-0.2, 0) is 0 Å². The normalized spacial score (nSPS) is 42.9. The van der Waals surface area contributed by atoms with E-state index in [-0.39, 0.29) is 0 Å². The van der Waals surface area contributed by atoms with Crippen molar-refractivity contribution >= 4 is 5.69 Å². The Morgan fingerprint density at radius 1 is 1.12 bits per heavy atom. The molecule has 4 heterocycles. The summed E-state index contributed by atoms with van der Waals surface area (Å²) in [5, 5.41) is 0. The second-order valence-corrected chi connectivity index (χ2v) is 6.15. The summed E-state index contributed by atoms with van der Waals surface area (Å²) >= 11 is 0. The van der Waals surface area contributed by atoms with Gasteiger partial charge in [-0.3, -0.25) is 9.88 Å². The molecular formula is C14H19N3. The van der Waals surface area contributed by atoms with Gasteiger partial charge in [0, 0.05) is 31.5 Å². The van der Waals surface area contributed by atoms with Gasteiger partial charge in [-0.05, 0) is 48.6 Å². The van der Waals surface area contributed by atoms with Crippen molar-refractivity contribution in [1.82, 2.24) is 9.88 Å². The Labute approximate surface area is 102 Å². The average Bonchev–Trinajstić information content (AvgIpc) is 2.27. The summed E-state index contributed by atoms with van der Waals surface area (Å²) in [6.45, 7) is 2.60. The van der Waals surface area contributed by atoms with E-state index in [9.17, 15) is 0 Å². The first-order valence-electron chi connectivity index (χ1n) is 6.74. The second kappa shape index (κ2) is 3.45. The van der Waals surface area contributed by atoms with Crippen LogP contribution in [0.4, 0.5) is 5.69 Å². The van der Waals surface area contributed by atoms with Crippen LogP contribution in [0.1, 0.15) is 30.9 Å². The monoisotopic (exact) mass is 229 g/mol. The largest absolute Gasteiger partial charge is 0.397 e. The van der Waals surface area contributed by atoms with Crippen molar-refractivity contribution in [2.75, 3.05) is 18.8 Å². The summed E-state index contributed by atoms with van der Waals surface area (Å²) in [5.41, 5.74) is 8.02. The highest BCUT2D eigenvalue weighted by atomic mass is 15.2. The smallest absolute Gasteiger partial charge is 0.0503 e. The molecule has 90 valence electrons. The molecule has 2 N–H and O–H groups in total. The highest BCUT2D eigenvalue weighted by Crippen LogP contribution is 2.52. The standard InChI is InChI=1S/C14H19N3/c15-13-4-12(5-16-6-13)14-11-2-9-1-10(3-11)8-17(14)7-9/h4-6,9-11,14H,1-3,7-8,15H2. The molecule has 0 radical (unpaired) electrons. The van der Waals surface area contributed by atoms with Gasteiger partial charge in [0.05, 0.1) is 5.69 Å². The molecule has 4 aliphatic rings. The van der Waals surface area contributed by atoms with E-state index in [2.05, 4.69) is 16.0 Å². The van der Waals surface area contributed by atoms with Gasteiger partial charge in [0.2, 0.25) is 0 Å². The lowest BCUT2D eigenvalue weighted by molar-refractivity contribution is -0.0663. The number of hydrogen-bond acceptors (Lipinski definition) is 3. The van der Waals surface area contributed by atoms with Gasteiger partial charge in [-0.25, -0.2) is 0 Å². The van der Waals surface area contributed by atoms with E-state index in [0.717, 1.165) is 23.4 Å². The van der Waals surface area contributed by atoms with Crippen LogP contribution in [0.5, 0.6) is 0 Å². The van der Waals surface area contributed by atoms with E-state index in [4.69, 9.17) is 5.73 Å². The molecule has 17 heavy (non-hydrogen) atoms. The summed E-state index contributed by atoms with van der Waals surface area (Å²) in [5.74, 6) is 2.79. The minimum atomic E-state index is 0.596. The number of rotatable bonds is 1. The summed E-state index contributed by atoms with van der Waals surface area (Å²) in [7, 11) is 0. The van der Waals surface area contributed by atoms with Gasteiger partial charge >= 0.3 is 0 Å². The third-order valence-electron chi connectivity index (χ3n) is 4.89. The number of nitrogens with two attached hydrogens (primary N) is 1. The lowest BCUT2D eigenvalue weighted by atomic mass is 9.64. The zero-order chi connectivity index (χ0) is 11.4. The van der Waals surface area contributed by atoms with Crippen molar-refractivity contribution in [3.63, 3.8) is 0 Å². The SMILES string of the molecule is Nc1cncc(C2C3CC4CC(C3)CN2C4)c1. The van der Waals surface area contributed by atoms with Crippen LogP contribution < -0.4 is 5.73 Å². The second-order valence-electron chi connectivity index (χ2n) is 6.15. The van der Waals surface area contributed by atoms with Crippen LogP contribution in [0.3, 0.4) is 0 Å². The highest BCUT2D eigenvalue weighted by molar-refractivity contribution is 5.38. The Hall–Kier alpha value is -1.09. The maximum absolute atomic E-state index is 5.87. The highest BCUT2D eigenvalue weighted by Gasteiger charge is 2.47. The Kier molecular flexibility index (Phi) is 2.01. The third kappa shape index (κ3) is 1.48. The topological polar surface area (TPSA) is 42.1 Å². The first-order chi connectivity index (χ1) is 8.29. The number of aromatic nitrogens is 1. The average molecular weight is 229 g/mol. The van der Waals surface area contributed by atoms with E-state index in [1.54, 1.807) is 6.20 Å². The molecule has 1 aromatic rings. The Bertz CT molecular complexity index is 415. The first kappa shape index (κ1) is 9.89. The summed E-state index contributed by atoms with van der Waals surface area (Å²) in [6.07, 6.45) is 8.09. The predicted octanol–water partition coefficient (Wildman–Crippen LogP) is 2.07. The number of pyridine rings is 1. The van der Waals surface area contributed by atoms with Gasteiger partial charge in [-0.2, -0.15) is 0 Å². The van der Waals surface area contributed by atoms with Gasteiger partial charge in [-0.15, -0.1) is 0 Å². The molecular weight excluding hydrogens is 210 g/mol. The zero-order valence-corrected chi connectivity index (χ0v) is 10.0. The van der Waals surface area contributed by atoms with Crippen LogP contribution in [0.15, 0.2) is 18.5 Å². The Balaban J connectivity index is 1.70. The molecule has 3 saturated heterocycles. The summed E-state index contributed by atoms with van der Waals surface area (Å²) < 4.78 is 0. The van der Waals surface area contributed by atoms with Gasteiger partial charge in [-0.1, -0.05) is 0 Å². The van der Waals surface area contributed by atoms with Gasteiger partial charge in [0.25, 0.3) is 0 Å². The number of hydrogen-bond donors (Lipinski definition) is 1. The number of piperidine rings is 3. The molecule has 3 nitrogen and oxygen atoms in total. The van der Waals surface area contributed by atoms with Gasteiger partial charge < -0.3 is 5.73 Å². The van der Waals surface area contributed by atoms with Crippen molar-refractivity contribution in [2.24, 2.45) is 17.8 Å². The number of nitrogen functional groups attached to an aromatic ring is 1. The lowest BCUT2D eigenvalue weighted by Gasteiger charge is -2.56. The fourth-order valence-corrected chi connectivity index (χ4v) is 4.56. The van der Waals surface area contributed by atoms with Crippen LogP contribution in [0.2, 0.25) is 0 Å². The maximum Gasteiger partial charge on any atom is 0.0503 e. The van der Waals surface area contributed by atoms with Crippen LogP contribution in [0, 0.1) is 17.8 Å². The van der Waals surface area contributed by atoms with Crippen molar-refractivity contribution < 1.29 is 0 Å². The van der Waals surface area contributed by atoms with Crippen molar-refractivity contribution in [3.8, 4) is 0 Å². The van der Waals surface area contributed by atoms with E-state index < -0.39 is 0 Å². The van der Waals surface area contributed by atoms with E-state index in [1.807, 2.05) is 6.20 Å². The summed E-state index contributed by atoms with van der Waals surface area (Å²) in [6, 6.07) is 2.72. The number of anilines is 1. The summed E-state index contributed by atoms with van der Waals surface area (Å²) in [4.78, 5) is 6.95. The molecule has 4 fully saturated rings. The fraction of sp³-hybridized carbons (Fsp3) is 0.643. The molecule has 3 aliphatic heterocycles. The molecule has 3 atom stereocenters. The van der Waals surface area contributed by atoms with Crippen molar-refractivity contribution in [3.05, 3.63) is 24.0 Å². The fourth-order valence-electron chi connectivity index (χ4n) is 4.56. The quantitative estimate of drug-likeness (QED) is 0.801. The number of nitrogens with zero attached hydrogens (tertiary/aromatic N) is 2. The van der Waals surface area contributed by atoms with Crippen LogP contribution >= 0.6 is 0 Å². The maximum atomic E-state index is 5.87. The molecule has 3 unspecified atom stereocenters. The Morgan fingerprint density at radius 3 is 2.53 bits per heavy atom. The van der Waals surface area contributed by atoms with E-state index in [1.165, 1.54) is 37.9 Å². The molecule has 0 amide bonds. The zero-order valence-electron chi connectivity index (χ0n) is 10.0. The van der Waals surface area contributed by atoms with Crippen molar-refractivity contribution in [2.45, 2.75) is 25.3 Å². The Morgan fingerprint density at radius 2 is 1.88 bits per heavy atom.